The standard InChI is InChI=1S/C38H48N3O3P/c1-8-40-34-17-16-30(29-14-10-13-28(22-29)21-26(3)37(42)41-19-12-20-45-41)23-32(34)33(24-38(5,6)25-44-9-2)36(40)31-15-11-18-39-35(31)27(4)43-7/h9-11,13-18,22-23,26-27,45H,2,8,12,19-21,24-25H2,1,3-7H3. The van der Waals surface area contributed by atoms with Gasteiger partial charge in [-0.2, -0.15) is 0 Å². The fraction of sp³-hybridized carbons (Fsp3) is 0.421. The van der Waals surface area contributed by atoms with Crippen molar-refractivity contribution >= 4 is 25.5 Å². The van der Waals surface area contributed by atoms with E-state index in [1.165, 1.54) is 39.5 Å². The van der Waals surface area contributed by atoms with Crippen LogP contribution >= 0.6 is 8.73 Å². The average molecular weight is 626 g/mol. The summed E-state index contributed by atoms with van der Waals surface area (Å²) < 4.78 is 16.0. The van der Waals surface area contributed by atoms with Gasteiger partial charge in [0.15, 0.2) is 0 Å². The number of hydrogen-bond donors (Lipinski definition) is 0. The Balaban J connectivity index is 1.61. The van der Waals surface area contributed by atoms with E-state index in [4.69, 9.17) is 14.5 Å². The number of nitrogens with zero attached hydrogens (tertiary/aromatic N) is 3. The smallest absolute Gasteiger partial charge is 0.228 e. The number of pyridine rings is 1. The first-order valence-electron chi connectivity index (χ1n) is 16.2. The van der Waals surface area contributed by atoms with Gasteiger partial charge < -0.3 is 18.7 Å². The normalized spacial score (nSPS) is 15.5. The van der Waals surface area contributed by atoms with Gasteiger partial charge >= 0.3 is 0 Å². The van der Waals surface area contributed by atoms with Crippen molar-refractivity contribution in [2.24, 2.45) is 11.3 Å². The predicted molar refractivity (Wildman–Crippen MR) is 188 cm³/mol. The summed E-state index contributed by atoms with van der Waals surface area (Å²) in [4.78, 5) is 17.8. The van der Waals surface area contributed by atoms with Crippen LogP contribution in [-0.4, -0.2) is 46.6 Å². The highest BCUT2D eigenvalue weighted by Gasteiger charge is 2.28. The molecule has 1 fully saturated rings. The van der Waals surface area contributed by atoms with Crippen molar-refractivity contribution < 1.29 is 14.3 Å². The van der Waals surface area contributed by atoms with Crippen molar-refractivity contribution in [2.45, 2.75) is 66.5 Å². The average Bonchev–Trinajstić information content (AvgIpc) is 3.69. The first-order chi connectivity index (χ1) is 21.7. The van der Waals surface area contributed by atoms with Gasteiger partial charge in [0.25, 0.3) is 0 Å². The third kappa shape index (κ3) is 7.18. The molecule has 3 unspecified atom stereocenters. The van der Waals surface area contributed by atoms with Crippen LogP contribution in [0.5, 0.6) is 0 Å². The molecule has 1 aliphatic heterocycles. The third-order valence-electron chi connectivity index (χ3n) is 8.91. The summed E-state index contributed by atoms with van der Waals surface area (Å²) >= 11 is 0. The molecule has 7 heteroatoms. The van der Waals surface area contributed by atoms with Crippen molar-refractivity contribution in [3.63, 3.8) is 0 Å². The minimum atomic E-state index is -0.145. The molecule has 4 aromatic rings. The van der Waals surface area contributed by atoms with Gasteiger partial charge in [-0.25, -0.2) is 0 Å². The molecule has 45 heavy (non-hydrogen) atoms. The minimum Gasteiger partial charge on any atom is -0.501 e. The van der Waals surface area contributed by atoms with Crippen molar-refractivity contribution in [1.29, 1.82) is 0 Å². The van der Waals surface area contributed by atoms with Crippen LogP contribution in [0.4, 0.5) is 0 Å². The Hall–Kier alpha value is -3.47. The Kier molecular flexibility index (Phi) is 10.5. The quantitative estimate of drug-likeness (QED) is 0.110. The van der Waals surface area contributed by atoms with E-state index in [1.54, 1.807) is 7.11 Å². The van der Waals surface area contributed by atoms with Crippen molar-refractivity contribution in [3.05, 3.63) is 90.5 Å². The van der Waals surface area contributed by atoms with Crippen LogP contribution in [0.3, 0.4) is 0 Å². The predicted octanol–water partition coefficient (Wildman–Crippen LogP) is 8.83. The topological polar surface area (TPSA) is 56.6 Å². The molecule has 3 heterocycles. The molecule has 2 aromatic heterocycles. The number of carbonyl (C=O) groups is 1. The number of aryl methyl sites for hydroxylation is 1. The number of fused-ring (bicyclic) bond motifs is 1. The van der Waals surface area contributed by atoms with E-state index < -0.39 is 0 Å². The summed E-state index contributed by atoms with van der Waals surface area (Å²) in [5.41, 5.74) is 9.09. The number of rotatable bonds is 13. The Labute approximate surface area is 270 Å². The monoisotopic (exact) mass is 625 g/mol. The molecule has 2 aromatic carbocycles. The van der Waals surface area contributed by atoms with Crippen molar-refractivity contribution in [2.75, 3.05) is 26.4 Å². The van der Waals surface area contributed by atoms with Crippen LogP contribution < -0.4 is 0 Å². The van der Waals surface area contributed by atoms with Crippen LogP contribution in [0.1, 0.15) is 64.0 Å². The molecule has 1 amide bonds. The molecule has 0 spiro atoms. The first-order valence-corrected chi connectivity index (χ1v) is 17.3. The van der Waals surface area contributed by atoms with Gasteiger partial charge in [0.05, 0.1) is 30.4 Å². The van der Waals surface area contributed by atoms with Crippen LogP contribution in [0, 0.1) is 11.3 Å². The zero-order valence-corrected chi connectivity index (χ0v) is 28.7. The van der Waals surface area contributed by atoms with Crippen molar-refractivity contribution in [1.82, 2.24) is 14.2 Å². The van der Waals surface area contributed by atoms with Gasteiger partial charge in [0.2, 0.25) is 5.91 Å². The summed E-state index contributed by atoms with van der Waals surface area (Å²) in [6.07, 6.45) is 7.07. The number of methoxy groups -OCH3 is 1. The molecule has 1 aliphatic rings. The number of ether oxygens (including phenoxy) is 2. The molecule has 238 valence electrons. The zero-order valence-electron chi connectivity index (χ0n) is 27.7. The lowest BCUT2D eigenvalue weighted by atomic mass is 9.84. The summed E-state index contributed by atoms with van der Waals surface area (Å²) in [5.74, 6) is 0.264. The van der Waals surface area contributed by atoms with Crippen LogP contribution in [0.15, 0.2) is 73.6 Å². The van der Waals surface area contributed by atoms with Gasteiger partial charge in [-0.1, -0.05) is 57.7 Å². The van der Waals surface area contributed by atoms with Crippen molar-refractivity contribution in [3.8, 4) is 22.4 Å². The molecular weight excluding hydrogens is 577 g/mol. The highest BCUT2D eigenvalue weighted by Crippen LogP contribution is 2.42. The summed E-state index contributed by atoms with van der Waals surface area (Å²) in [6, 6.07) is 19.7. The van der Waals surface area contributed by atoms with E-state index in [2.05, 4.69) is 99.0 Å². The molecule has 3 atom stereocenters. The largest absolute Gasteiger partial charge is 0.501 e. The minimum absolute atomic E-state index is 0.0238. The fourth-order valence-electron chi connectivity index (χ4n) is 6.59. The van der Waals surface area contributed by atoms with E-state index in [1.807, 2.05) is 12.3 Å². The Morgan fingerprint density at radius 1 is 1.13 bits per heavy atom. The maximum atomic E-state index is 13.0. The molecule has 0 bridgehead atoms. The van der Waals surface area contributed by atoms with Gasteiger partial charge in [-0.3, -0.25) is 9.78 Å². The van der Waals surface area contributed by atoms with Gasteiger partial charge in [0.1, 0.15) is 0 Å². The third-order valence-corrected chi connectivity index (χ3v) is 10.3. The van der Waals surface area contributed by atoms with E-state index in [9.17, 15) is 4.79 Å². The Bertz CT molecular complexity index is 1650. The lowest BCUT2D eigenvalue weighted by molar-refractivity contribution is -0.129. The molecule has 0 N–H and O–H groups in total. The lowest BCUT2D eigenvalue weighted by Gasteiger charge is -2.25. The van der Waals surface area contributed by atoms with Crippen LogP contribution in [0.25, 0.3) is 33.3 Å². The van der Waals surface area contributed by atoms with Crippen LogP contribution in [-0.2, 0) is 33.7 Å². The van der Waals surface area contributed by atoms with Gasteiger partial charge in [-0.05, 0) is 94.5 Å². The number of benzene rings is 2. The van der Waals surface area contributed by atoms with E-state index in [0.29, 0.717) is 15.3 Å². The van der Waals surface area contributed by atoms with Crippen LogP contribution in [0.2, 0.25) is 0 Å². The SMILES string of the molecule is C=COCC(C)(C)Cc1c(-c2cccnc2C(C)OC)n(CC)c2ccc(-c3cccc(CC(C)C(=O)N4CCCP4)c3)cc12. The molecule has 5 rings (SSSR count). The number of hydrogen-bond acceptors (Lipinski definition) is 4. The molecule has 0 saturated carbocycles. The Morgan fingerprint density at radius 3 is 2.64 bits per heavy atom. The van der Waals surface area contributed by atoms with E-state index in [-0.39, 0.29) is 23.3 Å². The summed E-state index contributed by atoms with van der Waals surface area (Å²) in [5, 5.41) is 1.24. The molecule has 0 aliphatic carbocycles. The number of carbonyl (C=O) groups excluding carboxylic acids is 1. The van der Waals surface area contributed by atoms with E-state index in [0.717, 1.165) is 55.3 Å². The number of aromatic nitrogens is 2. The fourth-order valence-corrected chi connectivity index (χ4v) is 7.87. The second-order valence-electron chi connectivity index (χ2n) is 13.0. The maximum Gasteiger partial charge on any atom is 0.228 e. The summed E-state index contributed by atoms with van der Waals surface area (Å²) in [7, 11) is 2.37. The highest BCUT2D eigenvalue weighted by molar-refractivity contribution is 7.36. The highest BCUT2D eigenvalue weighted by atomic mass is 31.1. The molecule has 6 nitrogen and oxygen atoms in total. The van der Waals surface area contributed by atoms with E-state index >= 15 is 0 Å². The van der Waals surface area contributed by atoms with Gasteiger partial charge in [-0.15, -0.1) is 0 Å². The first kappa shape index (κ1) is 32.9. The van der Waals surface area contributed by atoms with Gasteiger partial charge in [0, 0.05) is 54.2 Å². The second kappa shape index (κ2) is 14.3. The molecule has 0 radical (unpaired) electrons. The summed E-state index contributed by atoms with van der Waals surface area (Å²) in [6.45, 7) is 16.9. The molecular formula is C38H48N3O3P. The lowest BCUT2D eigenvalue weighted by Crippen LogP contribution is -2.28. The second-order valence-corrected chi connectivity index (χ2v) is 14.3. The molecule has 1 saturated heterocycles. The Morgan fingerprint density at radius 2 is 1.93 bits per heavy atom. The zero-order chi connectivity index (χ0) is 32.1. The maximum absolute atomic E-state index is 13.0. The number of amides is 1.